The van der Waals surface area contributed by atoms with E-state index in [1.54, 1.807) is 25.6 Å². The first-order valence-electron chi connectivity index (χ1n) is 12.2. The summed E-state index contributed by atoms with van der Waals surface area (Å²) >= 11 is 1.79. The van der Waals surface area contributed by atoms with Crippen LogP contribution in [0.25, 0.3) is 21.3 Å². The Bertz CT molecular complexity index is 1370. The standard InChI is InChI=1S/C28H32N4O3S/c1-17(29-28-22-13-24(34-3)25(35-4)14-23(22)30-18(2)31-28)26-9-10-27(36-26)21-8-6-5-7-19(21)15-32-12-11-20(32)16-33/h5-10,13-14,17,20,33H,11-12,15-16H2,1-4H3,(H,29,30,31). The number of fused-ring (bicyclic) bond motifs is 1. The van der Waals surface area contributed by atoms with Crippen molar-refractivity contribution in [3.8, 4) is 21.9 Å². The second-order valence-corrected chi connectivity index (χ2v) is 10.3. The van der Waals surface area contributed by atoms with Gasteiger partial charge in [0, 0.05) is 40.3 Å². The number of aryl methyl sites for hydroxylation is 1. The molecule has 1 saturated heterocycles. The lowest BCUT2D eigenvalue weighted by Crippen LogP contribution is -2.49. The zero-order chi connectivity index (χ0) is 25.2. The topological polar surface area (TPSA) is 79.7 Å². The zero-order valence-electron chi connectivity index (χ0n) is 21.1. The van der Waals surface area contributed by atoms with E-state index in [1.807, 2.05) is 19.1 Å². The van der Waals surface area contributed by atoms with Crippen molar-refractivity contribution in [1.29, 1.82) is 0 Å². The summed E-state index contributed by atoms with van der Waals surface area (Å²) in [6.07, 6.45) is 1.07. The van der Waals surface area contributed by atoms with Gasteiger partial charge in [-0.15, -0.1) is 11.3 Å². The van der Waals surface area contributed by atoms with Gasteiger partial charge in [0.05, 0.1) is 32.4 Å². The average molecular weight is 505 g/mol. The number of methoxy groups -OCH3 is 2. The van der Waals surface area contributed by atoms with E-state index in [0.29, 0.717) is 17.3 Å². The summed E-state index contributed by atoms with van der Waals surface area (Å²) in [7, 11) is 3.26. The van der Waals surface area contributed by atoms with Gasteiger partial charge in [0.1, 0.15) is 11.6 Å². The van der Waals surface area contributed by atoms with Gasteiger partial charge >= 0.3 is 0 Å². The van der Waals surface area contributed by atoms with Crippen LogP contribution in [0.1, 0.15) is 35.7 Å². The van der Waals surface area contributed by atoms with E-state index in [0.717, 1.165) is 36.2 Å². The van der Waals surface area contributed by atoms with Gasteiger partial charge in [-0.3, -0.25) is 4.90 Å². The van der Waals surface area contributed by atoms with Crippen molar-refractivity contribution in [2.75, 3.05) is 32.7 Å². The summed E-state index contributed by atoms with van der Waals surface area (Å²) in [6, 6.07) is 17.1. The Balaban J connectivity index is 1.40. The van der Waals surface area contributed by atoms with Crippen LogP contribution >= 0.6 is 11.3 Å². The first-order chi connectivity index (χ1) is 17.5. The summed E-state index contributed by atoms with van der Waals surface area (Å²) in [4.78, 5) is 14.1. The Morgan fingerprint density at radius 2 is 1.89 bits per heavy atom. The van der Waals surface area contributed by atoms with Gasteiger partial charge in [-0.25, -0.2) is 9.97 Å². The molecule has 1 aliphatic heterocycles. The smallest absolute Gasteiger partial charge is 0.162 e. The molecule has 2 atom stereocenters. The van der Waals surface area contributed by atoms with Crippen molar-refractivity contribution >= 4 is 28.1 Å². The maximum absolute atomic E-state index is 9.58. The van der Waals surface area contributed by atoms with Gasteiger partial charge in [0.2, 0.25) is 0 Å². The molecule has 3 heterocycles. The van der Waals surface area contributed by atoms with Crippen LogP contribution in [0.3, 0.4) is 0 Å². The van der Waals surface area contributed by atoms with Crippen LogP contribution in [0.4, 0.5) is 5.82 Å². The number of aliphatic hydroxyl groups excluding tert-OH is 1. The fourth-order valence-corrected chi connectivity index (χ4v) is 5.79. The molecule has 0 radical (unpaired) electrons. The Kier molecular flexibility index (Phi) is 7.09. The predicted molar refractivity (Wildman–Crippen MR) is 145 cm³/mol. The third kappa shape index (κ3) is 4.76. The average Bonchev–Trinajstić information content (AvgIpc) is 3.36. The van der Waals surface area contributed by atoms with Gasteiger partial charge in [-0.05, 0) is 49.6 Å². The van der Waals surface area contributed by atoms with E-state index in [4.69, 9.17) is 14.5 Å². The highest BCUT2D eigenvalue weighted by Crippen LogP contribution is 2.38. The first-order valence-corrected chi connectivity index (χ1v) is 13.0. The van der Waals surface area contributed by atoms with E-state index in [2.05, 4.69) is 58.5 Å². The maximum Gasteiger partial charge on any atom is 0.162 e. The van der Waals surface area contributed by atoms with Gasteiger partial charge in [0.25, 0.3) is 0 Å². The Morgan fingerprint density at radius 3 is 2.61 bits per heavy atom. The number of nitrogens with one attached hydrogen (secondary N) is 1. The number of anilines is 1. The van der Waals surface area contributed by atoms with Crippen LogP contribution in [0.15, 0.2) is 48.5 Å². The van der Waals surface area contributed by atoms with Crippen LogP contribution in [0.5, 0.6) is 11.5 Å². The molecule has 0 amide bonds. The van der Waals surface area contributed by atoms with E-state index in [9.17, 15) is 5.11 Å². The van der Waals surface area contributed by atoms with E-state index < -0.39 is 0 Å². The molecular weight excluding hydrogens is 472 g/mol. The molecular formula is C28H32N4O3S. The number of thiophene rings is 1. The van der Waals surface area contributed by atoms with E-state index in [1.165, 1.54) is 20.9 Å². The van der Waals surface area contributed by atoms with Crippen LogP contribution in [0.2, 0.25) is 0 Å². The molecule has 0 saturated carbocycles. The fraction of sp³-hybridized carbons (Fsp3) is 0.357. The van der Waals surface area contributed by atoms with E-state index in [-0.39, 0.29) is 18.7 Å². The highest BCUT2D eigenvalue weighted by Gasteiger charge is 2.27. The number of benzene rings is 2. The molecule has 2 aromatic heterocycles. The molecule has 2 unspecified atom stereocenters. The Hall–Kier alpha value is -3.20. The summed E-state index contributed by atoms with van der Waals surface area (Å²) in [6.45, 7) is 6.17. The summed E-state index contributed by atoms with van der Waals surface area (Å²) in [5, 5.41) is 14.1. The molecule has 0 bridgehead atoms. The van der Waals surface area contributed by atoms with Crippen LogP contribution in [-0.2, 0) is 6.54 Å². The molecule has 4 aromatic rings. The lowest BCUT2D eigenvalue weighted by Gasteiger charge is -2.40. The number of nitrogens with zero attached hydrogens (tertiary/aromatic N) is 3. The largest absolute Gasteiger partial charge is 0.493 e. The number of hydrogen-bond donors (Lipinski definition) is 2. The van der Waals surface area contributed by atoms with Crippen molar-refractivity contribution in [2.24, 2.45) is 0 Å². The molecule has 188 valence electrons. The quantitative estimate of drug-likeness (QED) is 0.315. The molecule has 2 aromatic carbocycles. The first kappa shape index (κ1) is 24.5. The van der Waals surface area contributed by atoms with Crippen molar-refractivity contribution in [3.63, 3.8) is 0 Å². The van der Waals surface area contributed by atoms with E-state index >= 15 is 0 Å². The lowest BCUT2D eigenvalue weighted by atomic mass is 10.00. The maximum atomic E-state index is 9.58. The SMILES string of the molecule is COc1cc2nc(C)nc(NC(C)c3ccc(-c4ccccc4CN4CCC4CO)s3)c2cc1OC. The number of hydrogen-bond acceptors (Lipinski definition) is 8. The molecule has 7 nitrogen and oxygen atoms in total. The normalized spacial score (nSPS) is 16.5. The molecule has 0 spiro atoms. The second kappa shape index (κ2) is 10.4. The predicted octanol–water partition coefficient (Wildman–Crippen LogP) is 5.42. The third-order valence-corrected chi connectivity index (χ3v) is 8.15. The minimum Gasteiger partial charge on any atom is -0.493 e. The third-order valence-electron chi connectivity index (χ3n) is 6.85. The molecule has 8 heteroatoms. The highest BCUT2D eigenvalue weighted by atomic mass is 32.1. The van der Waals surface area contributed by atoms with Crippen LogP contribution < -0.4 is 14.8 Å². The number of aromatic nitrogens is 2. The number of ether oxygens (including phenoxy) is 2. The van der Waals surface area contributed by atoms with Crippen LogP contribution in [0, 0.1) is 6.92 Å². The highest BCUT2D eigenvalue weighted by molar-refractivity contribution is 7.15. The number of aliphatic hydroxyl groups is 1. The van der Waals surface area contributed by atoms with Crippen LogP contribution in [-0.4, -0.2) is 53.4 Å². The lowest BCUT2D eigenvalue weighted by molar-refractivity contribution is 0.0358. The minimum absolute atomic E-state index is 0.0515. The fourth-order valence-electron chi connectivity index (χ4n) is 4.71. The van der Waals surface area contributed by atoms with Gasteiger partial charge in [0.15, 0.2) is 11.5 Å². The summed E-state index contributed by atoms with van der Waals surface area (Å²) in [5.74, 6) is 2.76. The molecule has 5 rings (SSSR count). The molecule has 2 N–H and O–H groups in total. The molecule has 36 heavy (non-hydrogen) atoms. The van der Waals surface area contributed by atoms with Gasteiger partial charge in [-0.2, -0.15) is 0 Å². The van der Waals surface area contributed by atoms with Gasteiger partial charge < -0.3 is 19.9 Å². The number of rotatable bonds is 9. The van der Waals surface area contributed by atoms with Crippen molar-refractivity contribution in [1.82, 2.24) is 14.9 Å². The minimum atomic E-state index is 0.0515. The van der Waals surface area contributed by atoms with Crippen molar-refractivity contribution < 1.29 is 14.6 Å². The van der Waals surface area contributed by atoms with Crippen molar-refractivity contribution in [2.45, 2.75) is 38.9 Å². The Labute approximate surface area is 215 Å². The zero-order valence-corrected chi connectivity index (χ0v) is 21.9. The second-order valence-electron chi connectivity index (χ2n) is 9.16. The summed E-state index contributed by atoms with van der Waals surface area (Å²) < 4.78 is 11.0. The number of likely N-dealkylation sites (tertiary alicyclic amines) is 1. The monoisotopic (exact) mass is 504 g/mol. The Morgan fingerprint density at radius 1 is 1.11 bits per heavy atom. The van der Waals surface area contributed by atoms with Gasteiger partial charge in [-0.1, -0.05) is 24.3 Å². The van der Waals surface area contributed by atoms with Crippen molar-refractivity contribution in [3.05, 3.63) is 64.8 Å². The summed E-state index contributed by atoms with van der Waals surface area (Å²) in [5.41, 5.74) is 3.36. The molecule has 1 aliphatic rings. The molecule has 0 aliphatic carbocycles. The molecule has 1 fully saturated rings.